The summed E-state index contributed by atoms with van der Waals surface area (Å²) in [5.74, 6) is -2.36. The Morgan fingerprint density at radius 2 is 1.11 bits per heavy atom. The van der Waals surface area contributed by atoms with Gasteiger partial charge >= 0.3 is 11.9 Å². The molecule has 2 saturated heterocycles. The average molecular weight is 1160 g/mol. The van der Waals surface area contributed by atoms with Crippen LogP contribution in [0.4, 0.5) is 11.9 Å². The average Bonchev–Trinajstić information content (AvgIpc) is 2.22. The van der Waals surface area contributed by atoms with Gasteiger partial charge in [0.25, 0.3) is 35.3 Å². The minimum Gasteiger partial charge on any atom is -0.494 e. The lowest BCUT2D eigenvalue weighted by Crippen LogP contribution is -2.51. The van der Waals surface area contributed by atoms with Gasteiger partial charge in [-0.05, 0) is 57.3 Å². The zero-order valence-corrected chi connectivity index (χ0v) is 45.1. The number of ether oxygens (including phenoxy) is 2. The van der Waals surface area contributed by atoms with Gasteiger partial charge in [-0.15, -0.1) is 0 Å². The number of hydrogen-bond acceptors (Lipinski definition) is 23. The number of nitrogens with zero attached hydrogens (tertiary/aromatic N) is 21. The second-order valence-corrected chi connectivity index (χ2v) is 18.8. The molecule has 2 amide bonds. The number of fused-ring (bicyclic) bond motifs is 2. The second kappa shape index (κ2) is 23.8. The van der Waals surface area contributed by atoms with E-state index in [4.69, 9.17) is 19.7 Å². The number of aromatic amines is 1. The van der Waals surface area contributed by atoms with Crippen LogP contribution in [0, 0.1) is 0 Å². The SMILES string of the molecule is COc1cnc(-c2ccn(CC(=O)O)n2)c2[nH]cc(C(=O)C(=O)N3CCN(c4nnnn4-c4ccccn4)CC3)c12.COc1cnc(-c2ccn(CC(=O)O)n2)c2c1c(C(=O)C(=O)N1CCN(c3nnnn3-c3ccccn3)CC1)cn2CC=O. The minimum atomic E-state index is -1.07. The second-order valence-electron chi connectivity index (χ2n) is 18.8. The van der Waals surface area contributed by atoms with E-state index in [1.807, 2.05) is 21.9 Å². The molecule has 2 aliphatic heterocycles. The van der Waals surface area contributed by atoms with Crippen LogP contribution in [0.3, 0.4) is 0 Å². The van der Waals surface area contributed by atoms with Crippen molar-refractivity contribution < 1.29 is 53.2 Å². The number of pyridine rings is 4. The van der Waals surface area contributed by atoms with E-state index in [9.17, 15) is 33.6 Å². The molecule has 0 unspecified atom stereocenters. The van der Waals surface area contributed by atoms with Crippen LogP contribution in [0.1, 0.15) is 20.7 Å². The number of rotatable bonds is 18. The summed E-state index contributed by atoms with van der Waals surface area (Å²) in [6.45, 7) is 1.79. The molecule has 0 radical (unpaired) electrons. The Labute approximate surface area is 477 Å². The first-order chi connectivity index (χ1) is 41.3. The molecule has 2 fully saturated rings. The molecule has 432 valence electrons. The number of anilines is 2. The molecule has 2 aliphatic rings. The first-order valence-corrected chi connectivity index (χ1v) is 25.9. The van der Waals surface area contributed by atoms with E-state index in [1.54, 1.807) is 48.8 Å². The lowest BCUT2D eigenvalue weighted by atomic mass is 10.1. The van der Waals surface area contributed by atoms with Crippen molar-refractivity contribution in [2.75, 3.05) is 76.4 Å². The maximum Gasteiger partial charge on any atom is 0.325 e. The first-order valence-electron chi connectivity index (χ1n) is 25.9. The van der Waals surface area contributed by atoms with Crippen molar-refractivity contribution in [2.24, 2.45) is 0 Å². The maximum atomic E-state index is 13.8. The fourth-order valence-electron chi connectivity index (χ4n) is 9.87. The van der Waals surface area contributed by atoms with Crippen LogP contribution in [0.25, 0.3) is 56.2 Å². The van der Waals surface area contributed by atoms with Crippen LogP contribution in [-0.2, 0) is 43.6 Å². The van der Waals surface area contributed by atoms with Gasteiger partial charge in [0, 0.05) is 89.5 Å². The number of piperazine rings is 2. The Kier molecular flexibility index (Phi) is 15.5. The number of H-pyrrole nitrogens is 1. The maximum absolute atomic E-state index is 13.8. The van der Waals surface area contributed by atoms with Gasteiger partial charge in [0.1, 0.15) is 53.7 Å². The molecule has 85 heavy (non-hydrogen) atoms. The number of tetrazole rings is 2. The Morgan fingerprint density at radius 1 is 0.612 bits per heavy atom. The number of amides is 2. The number of methoxy groups -OCH3 is 2. The number of hydrogen-bond donors (Lipinski definition) is 3. The summed E-state index contributed by atoms with van der Waals surface area (Å²) in [7, 11) is 2.85. The minimum absolute atomic E-state index is 0.0406. The fourth-order valence-corrected chi connectivity index (χ4v) is 9.87. The van der Waals surface area contributed by atoms with E-state index in [2.05, 4.69) is 66.2 Å². The van der Waals surface area contributed by atoms with Gasteiger partial charge in [-0.3, -0.25) is 38.1 Å². The first kappa shape index (κ1) is 55.2. The predicted octanol–water partition coefficient (Wildman–Crippen LogP) is 0.516. The molecule has 12 rings (SSSR count). The fraction of sp³-hybridized carbons (Fsp3) is 0.250. The van der Waals surface area contributed by atoms with Crippen molar-refractivity contribution in [1.29, 1.82) is 0 Å². The number of aromatic nitrogens is 18. The monoisotopic (exact) mass is 1160 g/mol. The van der Waals surface area contributed by atoms with Crippen LogP contribution in [0.15, 0.2) is 98.1 Å². The normalized spacial score (nSPS) is 13.4. The molecule has 33 nitrogen and oxygen atoms in total. The van der Waals surface area contributed by atoms with Crippen LogP contribution < -0.4 is 19.3 Å². The molecule has 12 heterocycles. The van der Waals surface area contributed by atoms with Crippen LogP contribution in [0.2, 0.25) is 0 Å². The van der Waals surface area contributed by atoms with E-state index in [0.717, 1.165) is 0 Å². The molecule has 0 bridgehead atoms. The molecule has 10 aromatic rings. The standard InChI is InChI=1S/C27H25N11O6.C25H23N11O5/c1-44-19-14-29-23(18-5-7-37(31-18)16-21(40)41)24-22(19)17(15-36(24)12-13-39)25(42)26(43)34-8-10-35(11-9-34)27-30-32-33-38(27)20-4-2-3-6-28-20;1-41-17-13-28-21(16-5-7-35(30-16)14-19(37)38)22-20(17)15(12-27-22)23(39)24(40)33-8-10-34(11-9-33)25-29-31-32-36(25)18-4-2-3-6-26-18/h2-7,13-15H,8-12,16H2,1H3,(H,40,41);2-7,12-13,27H,8-11,14H2,1H3,(H,37,38). The van der Waals surface area contributed by atoms with Crippen molar-refractivity contribution >= 4 is 75.3 Å². The smallest absolute Gasteiger partial charge is 0.325 e. The molecule has 33 heteroatoms. The largest absolute Gasteiger partial charge is 0.494 e. The van der Waals surface area contributed by atoms with E-state index in [-0.39, 0.29) is 68.4 Å². The molecular formula is C52H48N22O11. The Bertz CT molecular complexity index is 4150. The highest BCUT2D eigenvalue weighted by molar-refractivity contribution is 6.46. The number of carboxylic acids is 2. The van der Waals surface area contributed by atoms with Gasteiger partial charge in [-0.25, -0.2) is 19.9 Å². The molecular weight excluding hydrogens is 1110 g/mol. The van der Waals surface area contributed by atoms with Crippen molar-refractivity contribution in [3.05, 3.63) is 109 Å². The highest BCUT2D eigenvalue weighted by atomic mass is 16.5. The molecule has 0 aliphatic carbocycles. The topological polar surface area (TPSA) is 386 Å². The summed E-state index contributed by atoms with van der Waals surface area (Å²) in [5, 5.41) is 51.3. The van der Waals surface area contributed by atoms with E-state index < -0.39 is 35.3 Å². The lowest BCUT2D eigenvalue weighted by Gasteiger charge is -2.34. The molecule has 3 N–H and O–H groups in total. The van der Waals surface area contributed by atoms with Gasteiger partial charge < -0.3 is 53.6 Å². The summed E-state index contributed by atoms with van der Waals surface area (Å²) < 4.78 is 18.0. The molecule has 0 aromatic carbocycles. The van der Waals surface area contributed by atoms with Gasteiger partial charge in [0.2, 0.25) is 0 Å². The molecule has 0 spiro atoms. The number of nitrogens with one attached hydrogen (secondary N) is 1. The number of carbonyl (C=O) groups is 7. The van der Waals surface area contributed by atoms with Gasteiger partial charge in [-0.2, -0.15) is 19.6 Å². The predicted molar refractivity (Wildman–Crippen MR) is 293 cm³/mol. The van der Waals surface area contributed by atoms with Crippen molar-refractivity contribution in [3.8, 4) is 45.9 Å². The summed E-state index contributed by atoms with van der Waals surface area (Å²) in [6, 6.07) is 14.0. The van der Waals surface area contributed by atoms with Gasteiger partial charge in [0.05, 0.1) is 66.1 Å². The summed E-state index contributed by atoms with van der Waals surface area (Å²) >= 11 is 0. The zero-order valence-electron chi connectivity index (χ0n) is 45.1. The third kappa shape index (κ3) is 11.0. The highest BCUT2D eigenvalue weighted by Gasteiger charge is 2.35. The van der Waals surface area contributed by atoms with E-state index in [1.165, 1.54) is 84.5 Å². The number of carboxylic acid groups (broad SMARTS) is 2. The van der Waals surface area contributed by atoms with Crippen molar-refractivity contribution in [3.63, 3.8) is 0 Å². The van der Waals surface area contributed by atoms with Gasteiger partial charge in [-0.1, -0.05) is 22.3 Å². The van der Waals surface area contributed by atoms with Crippen molar-refractivity contribution in [1.82, 2.24) is 99.3 Å². The van der Waals surface area contributed by atoms with Crippen LogP contribution in [0.5, 0.6) is 11.5 Å². The summed E-state index contributed by atoms with van der Waals surface area (Å²) in [5.41, 5.74) is 2.35. The summed E-state index contributed by atoms with van der Waals surface area (Å²) in [4.78, 5) is 115. The van der Waals surface area contributed by atoms with Crippen LogP contribution in [-0.4, -0.2) is 218 Å². The number of carbonyl (C=O) groups excluding carboxylic acids is 5. The molecule has 10 aromatic heterocycles. The van der Waals surface area contributed by atoms with Gasteiger partial charge in [0.15, 0.2) is 11.6 Å². The van der Waals surface area contributed by atoms with Crippen molar-refractivity contribution in [2.45, 2.75) is 19.6 Å². The quantitative estimate of drug-likeness (QED) is 0.0599. The van der Waals surface area contributed by atoms with E-state index in [0.29, 0.717) is 101 Å². The Morgan fingerprint density at radius 3 is 1.59 bits per heavy atom. The number of aliphatic carboxylic acids is 2. The third-order valence-corrected chi connectivity index (χ3v) is 13.8. The number of aldehydes is 1. The third-order valence-electron chi connectivity index (χ3n) is 13.8. The lowest BCUT2D eigenvalue weighted by molar-refractivity contribution is -0.138. The van der Waals surface area contributed by atoms with Crippen LogP contribution >= 0.6 is 0 Å². The zero-order chi connectivity index (χ0) is 59.3. The van der Waals surface area contributed by atoms with E-state index >= 15 is 0 Å². The molecule has 0 saturated carbocycles. The number of Topliss-reactive ketones (excluding diaryl/α,β-unsaturated/α-hetero) is 2. The molecule has 0 atom stereocenters. The highest BCUT2D eigenvalue weighted by Crippen LogP contribution is 2.37. The summed E-state index contributed by atoms with van der Waals surface area (Å²) in [6.07, 6.45) is 12.6. The Hall–Kier alpha value is -11.7. The number of ketones is 2. The Balaban J connectivity index is 0.000000177.